The molecule has 0 fully saturated rings. The first-order valence-electron chi connectivity index (χ1n) is 4.76. The van der Waals surface area contributed by atoms with Gasteiger partial charge >= 0.3 is 0 Å². The summed E-state index contributed by atoms with van der Waals surface area (Å²) in [6.07, 6.45) is 2.53. The first-order chi connectivity index (χ1) is 7.13. The monoisotopic (exact) mass is 210 g/mol. The third-order valence-electron chi connectivity index (χ3n) is 2.53. The number of fused-ring (bicyclic) bond motifs is 1. The number of aryl methyl sites for hydroxylation is 1. The van der Waals surface area contributed by atoms with E-state index >= 15 is 0 Å². The van der Waals surface area contributed by atoms with Gasteiger partial charge in [-0.15, -0.1) is 0 Å². The van der Waals surface area contributed by atoms with Crippen LogP contribution in [0.5, 0.6) is 0 Å². The van der Waals surface area contributed by atoms with Crippen LogP contribution >= 0.6 is 0 Å². The van der Waals surface area contributed by atoms with Crippen LogP contribution in [0.25, 0.3) is 10.9 Å². The first kappa shape index (κ1) is 10.1. The Hall–Kier alpha value is -1.42. The second-order valence-corrected chi connectivity index (χ2v) is 3.59. The lowest BCUT2D eigenvalue weighted by atomic mass is 10.1. The van der Waals surface area contributed by atoms with Gasteiger partial charge in [-0.05, 0) is 24.6 Å². The summed E-state index contributed by atoms with van der Waals surface area (Å²) in [6.45, 7) is 0.498. The fraction of sp³-hybridized carbons (Fsp3) is 0.273. The summed E-state index contributed by atoms with van der Waals surface area (Å²) >= 11 is 0. The van der Waals surface area contributed by atoms with E-state index in [1.165, 1.54) is 12.1 Å². The summed E-state index contributed by atoms with van der Waals surface area (Å²) in [5.41, 5.74) is 7.10. The van der Waals surface area contributed by atoms with Crippen molar-refractivity contribution in [1.82, 2.24) is 4.57 Å². The first-order valence-corrected chi connectivity index (χ1v) is 4.76. The zero-order valence-electron chi connectivity index (χ0n) is 8.43. The molecule has 0 aliphatic carbocycles. The number of benzene rings is 1. The Morgan fingerprint density at radius 1 is 1.27 bits per heavy atom. The van der Waals surface area contributed by atoms with E-state index in [9.17, 15) is 8.78 Å². The molecule has 0 radical (unpaired) electrons. The van der Waals surface area contributed by atoms with Crippen LogP contribution in [-0.2, 0) is 13.5 Å². The summed E-state index contributed by atoms with van der Waals surface area (Å²) in [7, 11) is 1.81. The fourth-order valence-corrected chi connectivity index (χ4v) is 1.81. The Morgan fingerprint density at radius 3 is 2.60 bits per heavy atom. The molecule has 80 valence electrons. The number of aromatic nitrogens is 1. The Labute approximate surface area is 86.3 Å². The van der Waals surface area contributed by atoms with Gasteiger partial charge in [-0.2, -0.15) is 0 Å². The van der Waals surface area contributed by atoms with Crippen molar-refractivity contribution in [3.8, 4) is 0 Å². The van der Waals surface area contributed by atoms with Crippen LogP contribution in [0.2, 0.25) is 0 Å². The zero-order valence-corrected chi connectivity index (χ0v) is 8.43. The number of halogens is 2. The maximum atomic E-state index is 13.1. The molecule has 0 saturated carbocycles. The third-order valence-corrected chi connectivity index (χ3v) is 2.53. The topological polar surface area (TPSA) is 30.9 Å². The second-order valence-electron chi connectivity index (χ2n) is 3.59. The molecule has 1 aromatic carbocycles. The average molecular weight is 210 g/mol. The molecule has 1 aromatic heterocycles. The lowest BCUT2D eigenvalue weighted by Gasteiger charge is -1.98. The smallest absolute Gasteiger partial charge is 0.160 e. The number of hydrogen-bond acceptors (Lipinski definition) is 1. The SMILES string of the molecule is Cn1cc(CCN)c2cc(F)c(F)cc21. The normalized spacial score (nSPS) is 11.2. The van der Waals surface area contributed by atoms with Gasteiger partial charge in [-0.25, -0.2) is 8.78 Å². The fourth-order valence-electron chi connectivity index (χ4n) is 1.81. The number of nitrogens with two attached hydrogens (primary N) is 1. The second kappa shape index (κ2) is 3.62. The number of hydrogen-bond donors (Lipinski definition) is 1. The molecular formula is C11H12F2N2. The molecular weight excluding hydrogens is 198 g/mol. The lowest BCUT2D eigenvalue weighted by molar-refractivity contribution is 0.510. The highest BCUT2D eigenvalue weighted by Gasteiger charge is 2.10. The predicted molar refractivity (Wildman–Crippen MR) is 55.6 cm³/mol. The molecule has 4 heteroatoms. The highest BCUT2D eigenvalue weighted by atomic mass is 19.2. The molecule has 2 N–H and O–H groups in total. The Balaban J connectivity index is 2.70. The molecule has 2 nitrogen and oxygen atoms in total. The van der Waals surface area contributed by atoms with Crippen molar-refractivity contribution in [3.05, 3.63) is 35.5 Å². The van der Waals surface area contributed by atoms with Crippen LogP contribution in [0.1, 0.15) is 5.56 Å². The minimum absolute atomic E-state index is 0.498. The van der Waals surface area contributed by atoms with Gasteiger partial charge in [0.1, 0.15) is 0 Å². The van der Waals surface area contributed by atoms with Crippen molar-refractivity contribution in [2.24, 2.45) is 12.8 Å². The molecule has 0 aliphatic heterocycles. The standard InChI is InChI=1S/C11H12F2N2/c1-15-6-7(2-3-14)8-4-9(12)10(13)5-11(8)15/h4-6H,2-3,14H2,1H3. The van der Waals surface area contributed by atoms with Crippen molar-refractivity contribution in [2.45, 2.75) is 6.42 Å². The van der Waals surface area contributed by atoms with Crippen molar-refractivity contribution >= 4 is 10.9 Å². The minimum Gasteiger partial charge on any atom is -0.350 e. The van der Waals surface area contributed by atoms with Gasteiger partial charge in [0, 0.05) is 24.7 Å². The molecule has 0 saturated heterocycles. The molecule has 2 aromatic rings. The summed E-state index contributed by atoms with van der Waals surface area (Å²) < 4.78 is 27.9. The van der Waals surface area contributed by atoms with Crippen molar-refractivity contribution in [2.75, 3.05) is 6.54 Å². The summed E-state index contributed by atoms with van der Waals surface area (Å²) in [6, 6.07) is 2.44. The van der Waals surface area contributed by atoms with Crippen molar-refractivity contribution in [3.63, 3.8) is 0 Å². The number of rotatable bonds is 2. The van der Waals surface area contributed by atoms with Crippen molar-refractivity contribution < 1.29 is 8.78 Å². The van der Waals surface area contributed by atoms with Gasteiger partial charge in [0.05, 0.1) is 5.52 Å². The Morgan fingerprint density at radius 2 is 1.93 bits per heavy atom. The molecule has 0 spiro atoms. The summed E-state index contributed by atoms with van der Waals surface area (Å²) in [5, 5.41) is 0.738. The number of nitrogens with zero attached hydrogens (tertiary/aromatic N) is 1. The highest BCUT2D eigenvalue weighted by molar-refractivity contribution is 5.84. The van der Waals surface area contributed by atoms with E-state index in [4.69, 9.17) is 5.73 Å². The lowest BCUT2D eigenvalue weighted by Crippen LogP contribution is -2.02. The van der Waals surface area contributed by atoms with E-state index < -0.39 is 11.6 Å². The predicted octanol–water partition coefficient (Wildman–Crippen LogP) is 1.96. The van der Waals surface area contributed by atoms with Gasteiger partial charge in [0.15, 0.2) is 11.6 Å². The van der Waals surface area contributed by atoms with Crippen LogP contribution in [0.15, 0.2) is 18.3 Å². The van der Waals surface area contributed by atoms with Crippen molar-refractivity contribution in [1.29, 1.82) is 0 Å². The summed E-state index contributed by atoms with van der Waals surface area (Å²) in [5.74, 6) is -1.63. The van der Waals surface area contributed by atoms with Crippen LogP contribution < -0.4 is 5.73 Å². The highest BCUT2D eigenvalue weighted by Crippen LogP contribution is 2.23. The zero-order chi connectivity index (χ0) is 11.0. The van der Waals surface area contributed by atoms with E-state index in [1.807, 2.05) is 6.20 Å². The van der Waals surface area contributed by atoms with Gasteiger partial charge in [-0.1, -0.05) is 0 Å². The third kappa shape index (κ3) is 1.61. The molecule has 2 rings (SSSR count). The Bertz CT molecular complexity index is 503. The molecule has 0 unspecified atom stereocenters. The van der Waals surface area contributed by atoms with Crippen LogP contribution in [0.3, 0.4) is 0 Å². The van der Waals surface area contributed by atoms with E-state index in [2.05, 4.69) is 0 Å². The van der Waals surface area contributed by atoms with Gasteiger partial charge in [0.25, 0.3) is 0 Å². The van der Waals surface area contributed by atoms with Crippen LogP contribution in [-0.4, -0.2) is 11.1 Å². The largest absolute Gasteiger partial charge is 0.350 e. The quantitative estimate of drug-likeness (QED) is 0.807. The van der Waals surface area contributed by atoms with E-state index in [0.717, 1.165) is 10.9 Å². The molecule has 0 atom stereocenters. The molecule has 0 aliphatic rings. The Kier molecular flexibility index (Phi) is 2.44. The molecule has 0 amide bonds. The van der Waals surface area contributed by atoms with Gasteiger partial charge in [-0.3, -0.25) is 0 Å². The van der Waals surface area contributed by atoms with E-state index in [-0.39, 0.29) is 0 Å². The van der Waals surface area contributed by atoms with Gasteiger partial charge < -0.3 is 10.3 Å². The maximum absolute atomic E-state index is 13.1. The van der Waals surface area contributed by atoms with Crippen LogP contribution in [0.4, 0.5) is 8.78 Å². The molecule has 0 bridgehead atoms. The van der Waals surface area contributed by atoms with Crippen LogP contribution in [0, 0.1) is 11.6 Å². The van der Waals surface area contributed by atoms with E-state index in [0.29, 0.717) is 18.5 Å². The summed E-state index contributed by atoms with van der Waals surface area (Å²) in [4.78, 5) is 0. The van der Waals surface area contributed by atoms with Gasteiger partial charge in [0.2, 0.25) is 0 Å². The molecule has 15 heavy (non-hydrogen) atoms. The average Bonchev–Trinajstić information content (AvgIpc) is 2.46. The molecule has 1 heterocycles. The van der Waals surface area contributed by atoms with E-state index in [1.54, 1.807) is 11.6 Å². The minimum atomic E-state index is -0.817. The maximum Gasteiger partial charge on any atom is 0.160 e.